The molecule has 1 aliphatic heterocycles. The normalized spacial score (nSPS) is 16.8. The molecule has 2 aromatic carbocycles. The van der Waals surface area contributed by atoms with Crippen molar-refractivity contribution < 1.29 is 4.79 Å². The van der Waals surface area contributed by atoms with E-state index in [4.69, 9.17) is 23.8 Å². The first-order valence-corrected chi connectivity index (χ1v) is 7.84. The van der Waals surface area contributed by atoms with Crippen molar-refractivity contribution >= 4 is 57.6 Å². The van der Waals surface area contributed by atoms with Gasteiger partial charge in [0.15, 0.2) is 4.32 Å². The van der Waals surface area contributed by atoms with Gasteiger partial charge in [-0.1, -0.05) is 65.9 Å². The molecule has 0 atom stereocenters. The van der Waals surface area contributed by atoms with E-state index in [0.717, 1.165) is 11.3 Å². The first kappa shape index (κ1) is 14.3. The number of carbonyl (C=O) groups is 1. The van der Waals surface area contributed by atoms with E-state index >= 15 is 0 Å². The van der Waals surface area contributed by atoms with E-state index in [1.807, 2.05) is 54.6 Å². The van der Waals surface area contributed by atoms with Gasteiger partial charge in [-0.05, 0) is 35.9 Å². The highest BCUT2D eigenvalue weighted by Crippen LogP contribution is 2.35. The third-order valence-corrected chi connectivity index (χ3v) is 4.49. The summed E-state index contributed by atoms with van der Waals surface area (Å²) >= 11 is 12.6. The van der Waals surface area contributed by atoms with Gasteiger partial charge in [-0.25, -0.2) is 0 Å². The summed E-state index contributed by atoms with van der Waals surface area (Å²) in [6.45, 7) is 0. The van der Waals surface area contributed by atoms with Gasteiger partial charge < -0.3 is 0 Å². The Bertz CT molecular complexity index is 743. The number of para-hydroxylation sites is 1. The second-order valence-corrected chi connectivity index (χ2v) is 6.52. The number of hydrogen-bond acceptors (Lipinski definition) is 3. The summed E-state index contributed by atoms with van der Waals surface area (Å²) < 4.78 is 0.541. The largest absolute Gasteiger partial charge is 0.270 e. The maximum Gasteiger partial charge on any atom is 0.270 e. The fraction of sp³-hybridized carbons (Fsp3) is 0. The van der Waals surface area contributed by atoms with Crippen molar-refractivity contribution in [3.05, 3.63) is 70.1 Å². The lowest BCUT2D eigenvalue weighted by Gasteiger charge is -2.13. The Kier molecular flexibility index (Phi) is 4.10. The minimum atomic E-state index is -0.101. The number of nitrogens with zero attached hydrogens (tertiary/aromatic N) is 1. The Labute approximate surface area is 137 Å². The van der Waals surface area contributed by atoms with Crippen molar-refractivity contribution in [1.29, 1.82) is 0 Å². The second-order valence-electron chi connectivity index (χ2n) is 4.41. The first-order valence-electron chi connectivity index (χ1n) is 6.24. The Morgan fingerprint density at radius 2 is 1.86 bits per heavy atom. The maximum absolute atomic E-state index is 12.5. The molecule has 0 unspecified atom stereocenters. The monoisotopic (exact) mass is 331 g/mol. The molecule has 1 heterocycles. The fourth-order valence-corrected chi connectivity index (χ4v) is 3.51. The molecule has 21 heavy (non-hydrogen) atoms. The maximum atomic E-state index is 12.5. The zero-order valence-electron chi connectivity index (χ0n) is 10.8. The van der Waals surface area contributed by atoms with Crippen LogP contribution >= 0.6 is 35.6 Å². The minimum Gasteiger partial charge on any atom is -0.268 e. The molecule has 0 aromatic heterocycles. The number of benzene rings is 2. The lowest BCUT2D eigenvalue weighted by Crippen LogP contribution is -2.27. The van der Waals surface area contributed by atoms with E-state index in [1.54, 1.807) is 11.0 Å². The predicted octanol–water partition coefficient (Wildman–Crippen LogP) is 4.75. The number of hydrogen-bond donors (Lipinski definition) is 0. The molecule has 1 fully saturated rings. The molecule has 1 amide bonds. The molecule has 0 radical (unpaired) electrons. The Morgan fingerprint density at radius 1 is 1.10 bits per heavy atom. The van der Waals surface area contributed by atoms with Gasteiger partial charge in [-0.2, -0.15) is 0 Å². The summed E-state index contributed by atoms with van der Waals surface area (Å²) in [5.41, 5.74) is 1.67. The zero-order valence-corrected chi connectivity index (χ0v) is 13.2. The third-order valence-electron chi connectivity index (χ3n) is 2.95. The lowest BCUT2D eigenvalue weighted by molar-refractivity contribution is -0.113. The quantitative estimate of drug-likeness (QED) is 0.585. The third kappa shape index (κ3) is 3.02. The van der Waals surface area contributed by atoms with Crippen LogP contribution in [0.25, 0.3) is 6.08 Å². The molecular formula is C16H10ClNOS2. The molecule has 3 rings (SSSR count). The van der Waals surface area contributed by atoms with Gasteiger partial charge in [0.2, 0.25) is 0 Å². The Hall–Kier alpha value is -1.62. The summed E-state index contributed by atoms with van der Waals surface area (Å²) in [6.07, 6.45) is 1.81. The van der Waals surface area contributed by atoms with Crippen LogP contribution < -0.4 is 4.90 Å². The minimum absolute atomic E-state index is 0.101. The van der Waals surface area contributed by atoms with Crippen molar-refractivity contribution in [2.45, 2.75) is 0 Å². The number of halogens is 1. The summed E-state index contributed by atoms with van der Waals surface area (Å²) in [5.74, 6) is -0.101. The van der Waals surface area contributed by atoms with Gasteiger partial charge >= 0.3 is 0 Å². The molecule has 2 aromatic rings. The summed E-state index contributed by atoms with van der Waals surface area (Å²) in [6, 6.07) is 16.8. The molecule has 5 heteroatoms. The molecule has 0 spiro atoms. The summed E-state index contributed by atoms with van der Waals surface area (Å²) in [5, 5.41) is 0.641. The van der Waals surface area contributed by atoms with E-state index in [0.29, 0.717) is 14.2 Å². The smallest absolute Gasteiger partial charge is 0.268 e. The van der Waals surface area contributed by atoms with Crippen molar-refractivity contribution in [3.63, 3.8) is 0 Å². The highest BCUT2D eigenvalue weighted by atomic mass is 35.5. The average Bonchev–Trinajstić information content (AvgIpc) is 2.74. The molecular weight excluding hydrogens is 322 g/mol. The molecule has 2 nitrogen and oxygen atoms in total. The standard InChI is InChI=1S/C16H10ClNOS2/c17-12-6-4-5-11(9-12)10-14-15(19)18(16(20)21-14)13-7-2-1-3-8-13/h1-10H. The van der Waals surface area contributed by atoms with E-state index in [1.165, 1.54) is 11.8 Å². The lowest BCUT2D eigenvalue weighted by atomic mass is 10.2. The van der Waals surface area contributed by atoms with Crippen LogP contribution in [0, 0.1) is 0 Å². The fourth-order valence-electron chi connectivity index (χ4n) is 2.02. The Balaban J connectivity index is 1.94. The molecule has 0 bridgehead atoms. The topological polar surface area (TPSA) is 20.3 Å². The van der Waals surface area contributed by atoms with Crippen LogP contribution in [-0.2, 0) is 4.79 Å². The number of amides is 1. The summed E-state index contributed by atoms with van der Waals surface area (Å²) in [4.78, 5) is 14.7. The van der Waals surface area contributed by atoms with Crippen LogP contribution in [0.1, 0.15) is 5.56 Å². The highest BCUT2D eigenvalue weighted by molar-refractivity contribution is 8.27. The number of carbonyl (C=O) groups excluding carboxylic acids is 1. The van der Waals surface area contributed by atoms with Crippen LogP contribution in [0.4, 0.5) is 5.69 Å². The van der Waals surface area contributed by atoms with Crippen LogP contribution in [0.3, 0.4) is 0 Å². The molecule has 0 N–H and O–H groups in total. The number of thiocarbonyl (C=S) groups is 1. The Morgan fingerprint density at radius 3 is 2.57 bits per heavy atom. The van der Waals surface area contributed by atoms with Crippen LogP contribution in [0.2, 0.25) is 5.02 Å². The molecule has 0 aliphatic carbocycles. The van der Waals surface area contributed by atoms with Gasteiger partial charge in [0.25, 0.3) is 5.91 Å². The average molecular weight is 332 g/mol. The van der Waals surface area contributed by atoms with Crippen molar-refractivity contribution in [3.8, 4) is 0 Å². The van der Waals surface area contributed by atoms with E-state index in [2.05, 4.69) is 0 Å². The number of rotatable bonds is 2. The zero-order chi connectivity index (χ0) is 14.8. The van der Waals surface area contributed by atoms with Crippen LogP contribution in [-0.4, -0.2) is 10.2 Å². The van der Waals surface area contributed by atoms with Gasteiger partial charge in [-0.15, -0.1) is 0 Å². The van der Waals surface area contributed by atoms with Crippen molar-refractivity contribution in [2.24, 2.45) is 0 Å². The van der Waals surface area contributed by atoms with Crippen molar-refractivity contribution in [2.75, 3.05) is 4.90 Å². The number of anilines is 1. The van der Waals surface area contributed by atoms with E-state index < -0.39 is 0 Å². The summed E-state index contributed by atoms with van der Waals surface area (Å²) in [7, 11) is 0. The highest BCUT2D eigenvalue weighted by Gasteiger charge is 2.33. The molecule has 1 aliphatic rings. The predicted molar refractivity (Wildman–Crippen MR) is 93.5 cm³/mol. The van der Waals surface area contributed by atoms with Gasteiger partial charge in [-0.3, -0.25) is 9.69 Å². The molecule has 1 saturated heterocycles. The van der Waals surface area contributed by atoms with Gasteiger partial charge in [0, 0.05) is 5.02 Å². The van der Waals surface area contributed by atoms with E-state index in [-0.39, 0.29) is 5.91 Å². The van der Waals surface area contributed by atoms with Crippen molar-refractivity contribution in [1.82, 2.24) is 0 Å². The second kappa shape index (κ2) is 6.02. The van der Waals surface area contributed by atoms with E-state index in [9.17, 15) is 4.79 Å². The van der Waals surface area contributed by atoms with Gasteiger partial charge in [0.1, 0.15) is 0 Å². The van der Waals surface area contributed by atoms with Gasteiger partial charge in [0.05, 0.1) is 10.6 Å². The van der Waals surface area contributed by atoms with Crippen LogP contribution in [0.5, 0.6) is 0 Å². The molecule has 104 valence electrons. The first-order chi connectivity index (χ1) is 10.1. The number of thioether (sulfide) groups is 1. The van der Waals surface area contributed by atoms with Crippen LogP contribution in [0.15, 0.2) is 59.5 Å². The SMILES string of the molecule is O=C1C(=Cc2cccc(Cl)c2)SC(=S)N1c1ccccc1. The molecule has 0 saturated carbocycles.